The van der Waals surface area contributed by atoms with Crippen LogP contribution in [0.4, 0.5) is 0 Å². The third-order valence-electron chi connectivity index (χ3n) is 4.09. The predicted octanol–water partition coefficient (Wildman–Crippen LogP) is 3.18. The number of aliphatic carboxylic acids is 1. The van der Waals surface area contributed by atoms with Crippen LogP contribution in [0, 0.1) is 5.41 Å². The molecule has 0 aromatic heterocycles. The lowest BCUT2D eigenvalue weighted by Gasteiger charge is -2.26. The number of amides is 1. The van der Waals surface area contributed by atoms with Crippen molar-refractivity contribution in [3.8, 4) is 5.75 Å². The highest BCUT2D eigenvalue weighted by Gasteiger charge is 2.34. The average molecular weight is 339 g/mol. The van der Waals surface area contributed by atoms with E-state index in [9.17, 15) is 14.7 Å². The fourth-order valence-electron chi connectivity index (χ4n) is 2.17. The largest absolute Gasteiger partial charge is 0.497 e. The maximum absolute atomic E-state index is 11.9. The Balaban J connectivity index is 2.37. The van der Waals surface area contributed by atoms with E-state index >= 15 is 0 Å². The van der Waals surface area contributed by atoms with Crippen LogP contribution in [0.25, 0.3) is 0 Å². The molecule has 0 bridgehead atoms. The normalized spacial score (nSPS) is 11.1. The molecule has 0 fully saturated rings. The van der Waals surface area contributed by atoms with E-state index in [1.165, 1.54) is 0 Å². The van der Waals surface area contributed by atoms with E-state index in [1.807, 2.05) is 38.1 Å². The highest BCUT2D eigenvalue weighted by Crippen LogP contribution is 2.26. The van der Waals surface area contributed by atoms with Crippen molar-refractivity contribution in [3.05, 3.63) is 24.3 Å². The van der Waals surface area contributed by atoms with E-state index in [0.717, 1.165) is 10.6 Å². The van der Waals surface area contributed by atoms with Gasteiger partial charge in [-0.15, -0.1) is 11.8 Å². The van der Waals surface area contributed by atoms with Crippen molar-refractivity contribution in [2.75, 3.05) is 19.4 Å². The molecular formula is C17H25NO4S. The van der Waals surface area contributed by atoms with Gasteiger partial charge in [0.25, 0.3) is 0 Å². The Bertz CT molecular complexity index is 512. The van der Waals surface area contributed by atoms with Gasteiger partial charge >= 0.3 is 5.97 Å². The molecule has 2 N–H and O–H groups in total. The summed E-state index contributed by atoms with van der Waals surface area (Å²) in [6.45, 7) is 3.86. The summed E-state index contributed by atoms with van der Waals surface area (Å²) >= 11 is 1.59. The van der Waals surface area contributed by atoms with Gasteiger partial charge in [-0.3, -0.25) is 9.59 Å². The van der Waals surface area contributed by atoms with Crippen LogP contribution in [0.5, 0.6) is 5.75 Å². The molecule has 0 aliphatic carbocycles. The zero-order chi connectivity index (χ0) is 17.3. The third-order valence-corrected chi connectivity index (χ3v) is 5.10. The highest BCUT2D eigenvalue weighted by atomic mass is 32.2. The number of carboxylic acid groups (broad SMARTS) is 1. The lowest BCUT2D eigenvalue weighted by molar-refractivity contribution is -0.149. The molecule has 1 rings (SSSR count). The van der Waals surface area contributed by atoms with Crippen LogP contribution in [-0.2, 0) is 9.59 Å². The molecular weight excluding hydrogens is 314 g/mol. The summed E-state index contributed by atoms with van der Waals surface area (Å²) in [6.07, 6.45) is 1.36. The van der Waals surface area contributed by atoms with Crippen LogP contribution in [0.1, 0.15) is 33.1 Å². The standard InChI is InChI=1S/C17H25NO4S/c1-4-17(5-2,16(20)21)12-18-15(19)10-11-23-14-8-6-13(22-3)7-9-14/h6-9H,4-5,10-12H2,1-3H3,(H,18,19)(H,20,21). The molecule has 1 aromatic carbocycles. The predicted molar refractivity (Wildman–Crippen MR) is 92.0 cm³/mol. The fraction of sp³-hybridized carbons (Fsp3) is 0.529. The Morgan fingerprint density at radius 2 is 1.83 bits per heavy atom. The number of ether oxygens (including phenoxy) is 1. The highest BCUT2D eigenvalue weighted by molar-refractivity contribution is 7.99. The summed E-state index contributed by atoms with van der Waals surface area (Å²) in [4.78, 5) is 24.3. The van der Waals surface area contributed by atoms with E-state index in [0.29, 0.717) is 25.0 Å². The second-order valence-corrected chi connectivity index (χ2v) is 6.51. The molecule has 6 heteroatoms. The summed E-state index contributed by atoms with van der Waals surface area (Å²) in [6, 6.07) is 7.66. The molecule has 0 spiro atoms. The third kappa shape index (κ3) is 5.78. The van der Waals surface area contributed by atoms with Gasteiger partial charge in [-0.25, -0.2) is 0 Å². The Hall–Kier alpha value is -1.69. The zero-order valence-electron chi connectivity index (χ0n) is 13.9. The summed E-state index contributed by atoms with van der Waals surface area (Å²) in [5, 5.41) is 12.1. The van der Waals surface area contributed by atoms with E-state index in [4.69, 9.17) is 4.74 Å². The van der Waals surface area contributed by atoms with Gasteiger partial charge in [0.1, 0.15) is 5.75 Å². The van der Waals surface area contributed by atoms with Crippen molar-refractivity contribution in [2.45, 2.75) is 38.0 Å². The fourth-order valence-corrected chi connectivity index (χ4v) is 3.02. The van der Waals surface area contributed by atoms with Crippen molar-refractivity contribution in [1.29, 1.82) is 0 Å². The first kappa shape index (κ1) is 19.4. The molecule has 0 unspecified atom stereocenters. The van der Waals surface area contributed by atoms with Crippen molar-refractivity contribution in [3.63, 3.8) is 0 Å². The number of methoxy groups -OCH3 is 1. The van der Waals surface area contributed by atoms with Crippen LogP contribution in [0.2, 0.25) is 0 Å². The number of benzene rings is 1. The molecule has 1 amide bonds. The van der Waals surface area contributed by atoms with Crippen LogP contribution in [-0.4, -0.2) is 36.4 Å². The first-order valence-electron chi connectivity index (χ1n) is 7.74. The summed E-state index contributed by atoms with van der Waals surface area (Å²) in [7, 11) is 1.62. The minimum atomic E-state index is -0.862. The summed E-state index contributed by atoms with van der Waals surface area (Å²) < 4.78 is 5.09. The summed E-state index contributed by atoms with van der Waals surface area (Å²) in [5.41, 5.74) is -0.862. The smallest absolute Gasteiger partial charge is 0.311 e. The Labute approximate surface area is 141 Å². The number of nitrogens with one attached hydrogen (secondary N) is 1. The first-order chi connectivity index (χ1) is 11.0. The molecule has 0 saturated carbocycles. The maximum atomic E-state index is 11.9. The molecule has 1 aromatic rings. The second-order valence-electron chi connectivity index (χ2n) is 5.34. The molecule has 128 valence electrons. The number of carboxylic acids is 1. The van der Waals surface area contributed by atoms with Crippen molar-refractivity contribution in [2.24, 2.45) is 5.41 Å². The number of hydrogen-bond donors (Lipinski definition) is 2. The van der Waals surface area contributed by atoms with Gasteiger partial charge in [0, 0.05) is 23.6 Å². The SMILES string of the molecule is CCC(CC)(CNC(=O)CCSc1ccc(OC)cc1)C(=O)O. The zero-order valence-corrected chi connectivity index (χ0v) is 14.7. The monoisotopic (exact) mass is 339 g/mol. The maximum Gasteiger partial charge on any atom is 0.311 e. The van der Waals surface area contributed by atoms with Crippen LogP contribution in [0.15, 0.2) is 29.2 Å². The molecule has 0 aliphatic rings. The molecule has 0 saturated heterocycles. The molecule has 0 radical (unpaired) electrons. The number of rotatable bonds is 10. The second kappa shape index (κ2) is 9.45. The van der Waals surface area contributed by atoms with Crippen LogP contribution in [0.3, 0.4) is 0 Å². The van der Waals surface area contributed by atoms with E-state index in [2.05, 4.69) is 5.32 Å². The number of carbonyl (C=O) groups excluding carboxylic acids is 1. The number of hydrogen-bond acceptors (Lipinski definition) is 4. The quantitative estimate of drug-likeness (QED) is 0.640. The minimum Gasteiger partial charge on any atom is -0.497 e. The van der Waals surface area contributed by atoms with Gasteiger partial charge in [-0.05, 0) is 37.1 Å². The van der Waals surface area contributed by atoms with E-state index in [-0.39, 0.29) is 12.5 Å². The first-order valence-corrected chi connectivity index (χ1v) is 8.73. The Morgan fingerprint density at radius 1 is 1.22 bits per heavy atom. The van der Waals surface area contributed by atoms with Gasteiger partial charge in [-0.2, -0.15) is 0 Å². The molecule has 0 aliphatic heterocycles. The van der Waals surface area contributed by atoms with Crippen molar-refractivity contribution in [1.82, 2.24) is 5.32 Å². The Kier molecular flexibility index (Phi) is 7.95. The van der Waals surface area contributed by atoms with Crippen LogP contribution < -0.4 is 10.1 Å². The molecule has 0 atom stereocenters. The van der Waals surface area contributed by atoms with Gasteiger partial charge in [-0.1, -0.05) is 13.8 Å². The van der Waals surface area contributed by atoms with Gasteiger partial charge in [0.15, 0.2) is 0 Å². The van der Waals surface area contributed by atoms with Crippen molar-refractivity contribution >= 4 is 23.6 Å². The Morgan fingerprint density at radius 3 is 2.30 bits per heavy atom. The van der Waals surface area contributed by atoms with Gasteiger partial charge in [0.05, 0.1) is 12.5 Å². The molecule has 0 heterocycles. The minimum absolute atomic E-state index is 0.112. The average Bonchev–Trinajstić information content (AvgIpc) is 2.56. The van der Waals surface area contributed by atoms with E-state index < -0.39 is 11.4 Å². The lowest BCUT2D eigenvalue weighted by atomic mass is 9.82. The molecule has 23 heavy (non-hydrogen) atoms. The van der Waals surface area contributed by atoms with Crippen molar-refractivity contribution < 1.29 is 19.4 Å². The topological polar surface area (TPSA) is 75.6 Å². The number of thioether (sulfide) groups is 1. The van der Waals surface area contributed by atoms with E-state index in [1.54, 1.807) is 18.9 Å². The number of carbonyl (C=O) groups is 2. The van der Waals surface area contributed by atoms with Gasteiger partial charge in [0.2, 0.25) is 5.91 Å². The summed E-state index contributed by atoms with van der Waals surface area (Å²) in [5.74, 6) is 0.487. The lowest BCUT2D eigenvalue weighted by Crippen LogP contribution is -2.42. The van der Waals surface area contributed by atoms with Gasteiger partial charge < -0.3 is 15.2 Å². The van der Waals surface area contributed by atoms with Crippen LogP contribution >= 0.6 is 11.8 Å². The molecule has 5 nitrogen and oxygen atoms in total.